The lowest BCUT2D eigenvalue weighted by atomic mass is 9.63. The fourth-order valence-electron chi connectivity index (χ4n) is 1.99. The van der Waals surface area contributed by atoms with Crippen molar-refractivity contribution in [1.82, 2.24) is 9.97 Å². The van der Waals surface area contributed by atoms with Crippen LogP contribution in [0.15, 0.2) is 6.20 Å². The highest BCUT2D eigenvalue weighted by Gasteiger charge is 2.46. The van der Waals surface area contributed by atoms with Crippen molar-refractivity contribution in [3.05, 3.63) is 17.6 Å². The lowest BCUT2D eigenvalue weighted by Gasteiger charge is -2.50. The molecule has 4 heteroatoms. The van der Waals surface area contributed by atoms with E-state index in [4.69, 9.17) is 5.73 Å². The molecular weight excluding hydrogens is 200 g/mol. The van der Waals surface area contributed by atoms with E-state index in [0.717, 1.165) is 23.6 Å². The summed E-state index contributed by atoms with van der Waals surface area (Å²) in [6, 6.07) is 0.684. The van der Waals surface area contributed by atoms with Crippen LogP contribution in [0, 0.1) is 19.3 Å². The van der Waals surface area contributed by atoms with E-state index < -0.39 is 0 Å². The minimum atomic E-state index is 0.139. The van der Waals surface area contributed by atoms with Crippen LogP contribution >= 0.6 is 0 Å². The molecule has 1 aromatic heterocycles. The third-order valence-corrected chi connectivity index (χ3v) is 3.86. The van der Waals surface area contributed by atoms with Crippen LogP contribution in [0.25, 0.3) is 0 Å². The first kappa shape index (κ1) is 11.3. The maximum absolute atomic E-state index is 5.98. The summed E-state index contributed by atoms with van der Waals surface area (Å²) in [5, 5.41) is 3.41. The first-order valence-corrected chi connectivity index (χ1v) is 5.73. The zero-order valence-corrected chi connectivity index (χ0v) is 10.4. The van der Waals surface area contributed by atoms with Crippen molar-refractivity contribution in [3.63, 3.8) is 0 Å². The number of anilines is 1. The SMILES string of the molecule is Cc1ncc(NC2CC(N)C2(C)C)nc1C. The first-order valence-electron chi connectivity index (χ1n) is 5.73. The number of rotatable bonds is 2. The van der Waals surface area contributed by atoms with Gasteiger partial charge in [-0.05, 0) is 20.3 Å². The molecule has 1 aliphatic rings. The second-order valence-electron chi connectivity index (χ2n) is 5.29. The number of nitrogens with zero attached hydrogens (tertiary/aromatic N) is 2. The van der Waals surface area contributed by atoms with Gasteiger partial charge in [0.1, 0.15) is 5.82 Å². The fourth-order valence-corrected chi connectivity index (χ4v) is 1.99. The zero-order chi connectivity index (χ0) is 11.9. The number of nitrogens with two attached hydrogens (primary N) is 1. The molecule has 0 aromatic carbocycles. The Morgan fingerprint density at radius 3 is 2.56 bits per heavy atom. The van der Waals surface area contributed by atoms with Crippen LogP contribution in [0.5, 0.6) is 0 Å². The van der Waals surface area contributed by atoms with E-state index in [1.807, 2.05) is 13.8 Å². The van der Waals surface area contributed by atoms with Crippen molar-refractivity contribution in [2.24, 2.45) is 11.1 Å². The predicted octanol–water partition coefficient (Wildman–Crippen LogP) is 1.63. The molecule has 4 nitrogen and oxygen atoms in total. The maximum Gasteiger partial charge on any atom is 0.145 e. The Balaban J connectivity index is 2.08. The van der Waals surface area contributed by atoms with E-state index in [2.05, 4.69) is 29.1 Å². The van der Waals surface area contributed by atoms with Gasteiger partial charge in [-0.15, -0.1) is 0 Å². The number of aromatic nitrogens is 2. The molecule has 88 valence electrons. The fraction of sp³-hybridized carbons (Fsp3) is 0.667. The Hall–Kier alpha value is -1.16. The number of hydrogen-bond donors (Lipinski definition) is 2. The van der Waals surface area contributed by atoms with Gasteiger partial charge in [0.25, 0.3) is 0 Å². The van der Waals surface area contributed by atoms with Crippen LogP contribution in [0.1, 0.15) is 31.7 Å². The van der Waals surface area contributed by atoms with Crippen molar-refractivity contribution in [2.45, 2.75) is 46.2 Å². The van der Waals surface area contributed by atoms with Crippen molar-refractivity contribution in [3.8, 4) is 0 Å². The molecule has 0 amide bonds. The van der Waals surface area contributed by atoms with E-state index in [-0.39, 0.29) is 11.5 Å². The van der Waals surface area contributed by atoms with E-state index >= 15 is 0 Å². The molecular formula is C12H20N4. The van der Waals surface area contributed by atoms with Crippen LogP contribution < -0.4 is 11.1 Å². The van der Waals surface area contributed by atoms with E-state index in [1.54, 1.807) is 6.20 Å². The highest BCUT2D eigenvalue weighted by atomic mass is 15.1. The number of aryl methyl sites for hydroxylation is 2. The van der Waals surface area contributed by atoms with Crippen LogP contribution in [0.3, 0.4) is 0 Å². The second kappa shape index (κ2) is 3.70. The molecule has 2 atom stereocenters. The summed E-state index contributed by atoms with van der Waals surface area (Å²) in [6.07, 6.45) is 2.80. The minimum absolute atomic E-state index is 0.139. The predicted molar refractivity (Wildman–Crippen MR) is 65.3 cm³/mol. The third kappa shape index (κ3) is 1.78. The molecule has 1 aliphatic carbocycles. The van der Waals surface area contributed by atoms with Crippen molar-refractivity contribution >= 4 is 5.82 Å². The van der Waals surface area contributed by atoms with Gasteiger partial charge in [0.2, 0.25) is 0 Å². The summed E-state index contributed by atoms with van der Waals surface area (Å²) >= 11 is 0. The van der Waals surface area contributed by atoms with Gasteiger partial charge >= 0.3 is 0 Å². The monoisotopic (exact) mass is 220 g/mol. The molecule has 1 heterocycles. The molecule has 0 saturated heterocycles. The zero-order valence-electron chi connectivity index (χ0n) is 10.4. The summed E-state index contributed by atoms with van der Waals surface area (Å²) in [4.78, 5) is 8.77. The molecule has 0 aliphatic heterocycles. The number of hydrogen-bond acceptors (Lipinski definition) is 4. The molecule has 2 rings (SSSR count). The van der Waals surface area contributed by atoms with Gasteiger partial charge in [-0.2, -0.15) is 0 Å². The smallest absolute Gasteiger partial charge is 0.145 e. The Morgan fingerprint density at radius 2 is 2.06 bits per heavy atom. The molecule has 1 fully saturated rings. The van der Waals surface area contributed by atoms with Crippen molar-refractivity contribution in [1.29, 1.82) is 0 Å². The summed E-state index contributed by atoms with van der Waals surface area (Å²) < 4.78 is 0. The van der Waals surface area contributed by atoms with E-state index in [0.29, 0.717) is 6.04 Å². The van der Waals surface area contributed by atoms with Gasteiger partial charge in [-0.3, -0.25) is 4.98 Å². The quantitative estimate of drug-likeness (QED) is 0.795. The molecule has 16 heavy (non-hydrogen) atoms. The maximum atomic E-state index is 5.98. The Bertz CT molecular complexity index is 400. The van der Waals surface area contributed by atoms with Gasteiger partial charge < -0.3 is 11.1 Å². The average Bonchev–Trinajstić information content (AvgIpc) is 2.23. The van der Waals surface area contributed by atoms with Gasteiger partial charge in [0.15, 0.2) is 0 Å². The van der Waals surface area contributed by atoms with Crippen LogP contribution in [0.2, 0.25) is 0 Å². The molecule has 0 radical (unpaired) electrons. The molecule has 1 saturated carbocycles. The van der Waals surface area contributed by atoms with Crippen molar-refractivity contribution < 1.29 is 0 Å². The van der Waals surface area contributed by atoms with Gasteiger partial charge in [0, 0.05) is 17.5 Å². The van der Waals surface area contributed by atoms with Gasteiger partial charge in [-0.25, -0.2) is 4.98 Å². The lowest BCUT2D eigenvalue weighted by Crippen LogP contribution is -2.61. The minimum Gasteiger partial charge on any atom is -0.365 e. The highest BCUT2D eigenvalue weighted by molar-refractivity contribution is 5.37. The normalized spacial score (nSPS) is 27.3. The lowest BCUT2D eigenvalue weighted by molar-refractivity contribution is 0.117. The van der Waals surface area contributed by atoms with Crippen LogP contribution in [-0.2, 0) is 0 Å². The number of nitrogens with one attached hydrogen (secondary N) is 1. The second-order valence-corrected chi connectivity index (χ2v) is 5.29. The largest absolute Gasteiger partial charge is 0.365 e. The van der Waals surface area contributed by atoms with Crippen LogP contribution in [-0.4, -0.2) is 22.1 Å². The van der Waals surface area contributed by atoms with Crippen LogP contribution in [0.4, 0.5) is 5.82 Å². The van der Waals surface area contributed by atoms with Gasteiger partial charge in [0.05, 0.1) is 17.6 Å². The summed E-state index contributed by atoms with van der Waals surface area (Å²) in [5.41, 5.74) is 8.08. The Kier molecular flexibility index (Phi) is 2.62. The molecule has 1 aromatic rings. The molecule has 2 unspecified atom stereocenters. The summed E-state index contributed by atoms with van der Waals surface area (Å²) in [6.45, 7) is 8.32. The molecule has 3 N–H and O–H groups in total. The topological polar surface area (TPSA) is 63.8 Å². The van der Waals surface area contributed by atoms with E-state index in [9.17, 15) is 0 Å². The molecule has 0 spiro atoms. The Labute approximate surface area is 96.7 Å². The first-order chi connectivity index (χ1) is 7.41. The molecule has 0 bridgehead atoms. The highest BCUT2D eigenvalue weighted by Crippen LogP contribution is 2.40. The standard InChI is InChI=1S/C12H20N4/c1-7-8(2)15-11(6-14-7)16-10-5-9(13)12(10,3)4/h6,9-10H,5,13H2,1-4H3,(H,15,16). The summed E-state index contributed by atoms with van der Waals surface area (Å²) in [7, 11) is 0. The summed E-state index contributed by atoms with van der Waals surface area (Å²) in [5.74, 6) is 0.855. The average molecular weight is 220 g/mol. The van der Waals surface area contributed by atoms with Crippen molar-refractivity contribution in [2.75, 3.05) is 5.32 Å². The van der Waals surface area contributed by atoms with Gasteiger partial charge in [-0.1, -0.05) is 13.8 Å². The third-order valence-electron chi connectivity index (χ3n) is 3.86. The Morgan fingerprint density at radius 1 is 1.38 bits per heavy atom. The van der Waals surface area contributed by atoms with E-state index in [1.165, 1.54) is 0 Å².